The van der Waals surface area contributed by atoms with Crippen molar-refractivity contribution in [2.45, 2.75) is 129 Å². The van der Waals surface area contributed by atoms with Crippen molar-refractivity contribution in [3.8, 4) is 0 Å². The zero-order chi connectivity index (χ0) is 19.9. The van der Waals surface area contributed by atoms with Crippen molar-refractivity contribution in [3.63, 3.8) is 0 Å². The van der Waals surface area contributed by atoms with E-state index in [4.69, 9.17) is 0 Å². The molecule has 0 aliphatic carbocycles. The van der Waals surface area contributed by atoms with E-state index < -0.39 is 11.9 Å². The molecule has 5 heteroatoms. The minimum atomic E-state index is -0.911. The molecule has 4 nitrogen and oxygen atoms in total. The van der Waals surface area contributed by atoms with Gasteiger partial charge in [0.15, 0.2) is 0 Å². The number of hydrogen-bond donors (Lipinski definition) is 0. The number of carbonyl (C=O) groups excluding carboxylic acids is 2. The Balaban J connectivity index is -0.000000411. The number of unbranched alkanes of at least 4 members (excludes halogenated alkanes) is 14. The van der Waals surface area contributed by atoms with E-state index in [1.807, 2.05) is 0 Å². The van der Waals surface area contributed by atoms with E-state index in [1.54, 1.807) is 0 Å². The Bertz CT molecular complexity index is 279. The monoisotopic (exact) mass is 410 g/mol. The summed E-state index contributed by atoms with van der Waals surface area (Å²) in [6, 6.07) is 0. The molecule has 0 unspecified atom stereocenters. The van der Waals surface area contributed by atoms with Gasteiger partial charge in [-0.3, -0.25) is 0 Å². The largest absolute Gasteiger partial charge is 2.00 e. The molecule has 0 aromatic rings. The standard InChI is InChI=1S/2C11H22O2.Ca/c2*1-2-3-4-5-6-7-8-9-10-11(12)13;/h2*2-10H2,1H3,(H,12,13);/q;;+2/p-2. The third-order valence-electron chi connectivity index (χ3n) is 4.47. The summed E-state index contributed by atoms with van der Waals surface area (Å²) in [6.45, 7) is 4.42. The Labute approximate surface area is 197 Å². The van der Waals surface area contributed by atoms with Crippen molar-refractivity contribution in [2.75, 3.05) is 0 Å². The minimum Gasteiger partial charge on any atom is -0.550 e. The topological polar surface area (TPSA) is 80.3 Å². The molecular formula is C22H42CaO4. The van der Waals surface area contributed by atoms with Gasteiger partial charge in [-0.25, -0.2) is 0 Å². The van der Waals surface area contributed by atoms with Gasteiger partial charge < -0.3 is 19.8 Å². The molecule has 0 saturated carbocycles. The van der Waals surface area contributed by atoms with Crippen LogP contribution in [0.4, 0.5) is 0 Å². The second-order valence-electron chi connectivity index (χ2n) is 7.19. The summed E-state index contributed by atoms with van der Waals surface area (Å²) in [4.78, 5) is 20.1. The van der Waals surface area contributed by atoms with Gasteiger partial charge in [-0.05, 0) is 25.7 Å². The van der Waals surface area contributed by atoms with Gasteiger partial charge in [0.2, 0.25) is 0 Å². The maximum absolute atomic E-state index is 10.1. The van der Waals surface area contributed by atoms with Crippen LogP contribution in [0.5, 0.6) is 0 Å². The van der Waals surface area contributed by atoms with Crippen LogP contribution in [0.1, 0.15) is 129 Å². The first-order chi connectivity index (χ1) is 12.5. The first-order valence-electron chi connectivity index (χ1n) is 10.9. The molecule has 0 radical (unpaired) electrons. The first-order valence-corrected chi connectivity index (χ1v) is 10.9. The Morgan fingerprint density at radius 2 is 0.704 bits per heavy atom. The van der Waals surface area contributed by atoms with E-state index in [2.05, 4.69) is 13.8 Å². The number of carboxylic acid groups (broad SMARTS) is 2. The summed E-state index contributed by atoms with van der Waals surface area (Å²) in [5.74, 6) is -1.82. The summed E-state index contributed by atoms with van der Waals surface area (Å²) in [6.07, 6.45) is 19.5. The second kappa shape index (κ2) is 28.4. The third kappa shape index (κ3) is 37.6. The number of carboxylic acids is 2. The molecule has 0 amide bonds. The summed E-state index contributed by atoms with van der Waals surface area (Å²) in [7, 11) is 0. The second-order valence-corrected chi connectivity index (χ2v) is 7.19. The fourth-order valence-corrected chi connectivity index (χ4v) is 2.81. The Morgan fingerprint density at radius 3 is 0.926 bits per heavy atom. The predicted octanol–water partition coefficient (Wildman–Crippen LogP) is 4.15. The molecule has 0 aromatic carbocycles. The van der Waals surface area contributed by atoms with Gasteiger partial charge in [0, 0.05) is 11.9 Å². The molecule has 0 rings (SSSR count). The predicted molar refractivity (Wildman–Crippen MR) is 110 cm³/mol. The average molecular weight is 411 g/mol. The van der Waals surface area contributed by atoms with Gasteiger partial charge in [0.25, 0.3) is 0 Å². The number of rotatable bonds is 18. The number of carbonyl (C=O) groups is 2. The average Bonchev–Trinajstić information content (AvgIpc) is 2.60. The molecule has 0 N–H and O–H groups in total. The van der Waals surface area contributed by atoms with Crippen LogP contribution >= 0.6 is 0 Å². The van der Waals surface area contributed by atoms with Crippen molar-refractivity contribution in [1.82, 2.24) is 0 Å². The van der Waals surface area contributed by atoms with Gasteiger partial charge in [-0.1, -0.05) is 104 Å². The molecule has 0 fully saturated rings. The number of hydrogen-bond acceptors (Lipinski definition) is 4. The van der Waals surface area contributed by atoms with Crippen molar-refractivity contribution in [2.24, 2.45) is 0 Å². The molecule has 156 valence electrons. The molecule has 0 spiro atoms. The number of aliphatic carboxylic acids is 2. The van der Waals surface area contributed by atoms with Crippen LogP contribution in [0.2, 0.25) is 0 Å². The van der Waals surface area contributed by atoms with Crippen LogP contribution in [0.3, 0.4) is 0 Å². The minimum absolute atomic E-state index is 0. The van der Waals surface area contributed by atoms with Crippen molar-refractivity contribution >= 4 is 49.7 Å². The van der Waals surface area contributed by atoms with Gasteiger partial charge >= 0.3 is 37.7 Å². The van der Waals surface area contributed by atoms with Gasteiger partial charge in [-0.15, -0.1) is 0 Å². The summed E-state index contributed by atoms with van der Waals surface area (Å²) < 4.78 is 0. The van der Waals surface area contributed by atoms with Crippen molar-refractivity contribution in [1.29, 1.82) is 0 Å². The van der Waals surface area contributed by atoms with Crippen LogP contribution in [0.25, 0.3) is 0 Å². The molecule has 0 aliphatic rings. The molecule has 27 heavy (non-hydrogen) atoms. The summed E-state index contributed by atoms with van der Waals surface area (Å²) in [5, 5.41) is 20.1. The quantitative estimate of drug-likeness (QED) is 0.251. The smallest absolute Gasteiger partial charge is 0.550 e. The Hall–Kier alpha value is 0.200. The van der Waals surface area contributed by atoms with Gasteiger partial charge in [0.1, 0.15) is 0 Å². The molecule has 0 aromatic heterocycles. The zero-order valence-corrected chi connectivity index (χ0v) is 20.3. The first kappa shape index (κ1) is 31.9. The van der Waals surface area contributed by atoms with Crippen LogP contribution < -0.4 is 10.2 Å². The maximum Gasteiger partial charge on any atom is 2.00 e. The van der Waals surface area contributed by atoms with E-state index in [0.29, 0.717) is 0 Å². The van der Waals surface area contributed by atoms with E-state index in [9.17, 15) is 19.8 Å². The van der Waals surface area contributed by atoms with E-state index >= 15 is 0 Å². The summed E-state index contributed by atoms with van der Waals surface area (Å²) >= 11 is 0. The third-order valence-corrected chi connectivity index (χ3v) is 4.47. The fraction of sp³-hybridized carbons (Fsp3) is 0.909. The Kier molecular flexibility index (Phi) is 33.5. The molecular weight excluding hydrogens is 368 g/mol. The van der Waals surface area contributed by atoms with Crippen molar-refractivity contribution in [3.05, 3.63) is 0 Å². The maximum atomic E-state index is 10.1. The molecule has 0 saturated heterocycles. The van der Waals surface area contributed by atoms with Crippen LogP contribution in [-0.4, -0.2) is 49.7 Å². The SMILES string of the molecule is CCCCCCCCCCC(=O)[O-].CCCCCCCCCCC(=O)[O-].[Ca+2]. The van der Waals surface area contributed by atoms with Gasteiger partial charge in [0.05, 0.1) is 0 Å². The van der Waals surface area contributed by atoms with Crippen LogP contribution in [0.15, 0.2) is 0 Å². The van der Waals surface area contributed by atoms with E-state index in [-0.39, 0.29) is 50.6 Å². The van der Waals surface area contributed by atoms with E-state index in [0.717, 1.165) is 25.7 Å². The summed E-state index contributed by atoms with van der Waals surface area (Å²) in [5.41, 5.74) is 0. The normalized spacial score (nSPS) is 9.85. The molecule has 0 heterocycles. The molecule has 0 aliphatic heterocycles. The van der Waals surface area contributed by atoms with Crippen LogP contribution in [0, 0.1) is 0 Å². The van der Waals surface area contributed by atoms with E-state index in [1.165, 1.54) is 77.0 Å². The fourth-order valence-electron chi connectivity index (χ4n) is 2.81. The van der Waals surface area contributed by atoms with Crippen LogP contribution in [-0.2, 0) is 9.59 Å². The van der Waals surface area contributed by atoms with Gasteiger partial charge in [-0.2, -0.15) is 0 Å². The molecule has 0 bridgehead atoms. The zero-order valence-electron chi connectivity index (χ0n) is 18.1. The van der Waals surface area contributed by atoms with Crippen molar-refractivity contribution < 1.29 is 19.8 Å². The molecule has 0 atom stereocenters. The Morgan fingerprint density at radius 1 is 0.481 bits per heavy atom.